The molecule has 0 spiro atoms. The fourth-order valence-corrected chi connectivity index (χ4v) is 3.55. The Hall–Kier alpha value is -1.10. The monoisotopic (exact) mass is 321 g/mol. The van der Waals surface area contributed by atoms with E-state index in [4.69, 9.17) is 16.3 Å². The van der Waals surface area contributed by atoms with Crippen LogP contribution in [0.5, 0.6) is 0 Å². The Morgan fingerprint density at radius 2 is 2.14 bits per heavy atom. The Bertz CT molecular complexity index is 544. The number of aliphatic imine (C=N–C) groups is 1. The fraction of sp³-hybridized carbons (Fsp3) is 0.588. The lowest BCUT2D eigenvalue weighted by atomic mass is 10.1. The SMILES string of the molecule is CC1=NC(Cl)=C2C=C(CCN3CCOCC3)N(C)C2CC=C1. The molecule has 3 aliphatic rings. The van der Waals surface area contributed by atoms with Crippen LogP contribution in [0.25, 0.3) is 0 Å². The molecule has 1 atom stereocenters. The zero-order chi connectivity index (χ0) is 15.5. The van der Waals surface area contributed by atoms with Crippen LogP contribution in [0, 0.1) is 0 Å². The summed E-state index contributed by atoms with van der Waals surface area (Å²) in [6.07, 6.45) is 8.52. The minimum atomic E-state index is 0.320. The highest BCUT2D eigenvalue weighted by Crippen LogP contribution is 2.34. The van der Waals surface area contributed by atoms with Crippen LogP contribution in [0.4, 0.5) is 0 Å². The normalized spacial score (nSPS) is 26.5. The van der Waals surface area contributed by atoms with Crippen molar-refractivity contribution in [3.05, 3.63) is 34.7 Å². The van der Waals surface area contributed by atoms with E-state index in [1.165, 1.54) is 5.70 Å². The van der Waals surface area contributed by atoms with Gasteiger partial charge in [0.05, 0.1) is 19.3 Å². The number of fused-ring (bicyclic) bond motifs is 1. The van der Waals surface area contributed by atoms with Crippen molar-refractivity contribution in [1.29, 1.82) is 0 Å². The van der Waals surface area contributed by atoms with Crippen molar-refractivity contribution in [2.45, 2.75) is 25.8 Å². The third kappa shape index (κ3) is 3.45. The van der Waals surface area contributed by atoms with Crippen molar-refractivity contribution in [2.75, 3.05) is 39.9 Å². The summed E-state index contributed by atoms with van der Waals surface area (Å²) in [5, 5.41) is 0.639. The first-order valence-corrected chi connectivity index (χ1v) is 8.38. The van der Waals surface area contributed by atoms with Gasteiger partial charge >= 0.3 is 0 Å². The lowest BCUT2D eigenvalue weighted by Gasteiger charge is -2.29. The predicted molar refractivity (Wildman–Crippen MR) is 91.3 cm³/mol. The minimum Gasteiger partial charge on any atom is -0.379 e. The summed E-state index contributed by atoms with van der Waals surface area (Å²) in [4.78, 5) is 9.30. The minimum absolute atomic E-state index is 0.320. The first-order valence-electron chi connectivity index (χ1n) is 8.00. The van der Waals surface area contributed by atoms with Crippen molar-refractivity contribution < 1.29 is 4.74 Å². The average Bonchev–Trinajstić information content (AvgIpc) is 2.81. The van der Waals surface area contributed by atoms with Crippen LogP contribution in [-0.4, -0.2) is 61.4 Å². The molecule has 0 amide bonds. The van der Waals surface area contributed by atoms with Crippen molar-refractivity contribution in [2.24, 2.45) is 4.99 Å². The van der Waals surface area contributed by atoms with Gasteiger partial charge in [0.2, 0.25) is 0 Å². The number of morpholine rings is 1. The molecule has 0 radical (unpaired) electrons. The molecule has 3 heterocycles. The Morgan fingerprint density at radius 3 is 2.91 bits per heavy atom. The second-order valence-corrected chi connectivity index (χ2v) is 6.46. The van der Waals surface area contributed by atoms with Gasteiger partial charge in [0.25, 0.3) is 0 Å². The molecule has 3 aliphatic heterocycles. The van der Waals surface area contributed by atoms with E-state index in [0.29, 0.717) is 11.2 Å². The number of rotatable bonds is 3. The number of allylic oxidation sites excluding steroid dienone is 1. The lowest BCUT2D eigenvalue weighted by molar-refractivity contribution is 0.0377. The van der Waals surface area contributed by atoms with E-state index in [1.54, 1.807) is 0 Å². The van der Waals surface area contributed by atoms with Gasteiger partial charge in [-0.1, -0.05) is 17.7 Å². The number of nitrogens with zero attached hydrogens (tertiary/aromatic N) is 3. The molecule has 120 valence electrons. The quantitative estimate of drug-likeness (QED) is 0.748. The van der Waals surface area contributed by atoms with Crippen molar-refractivity contribution in [1.82, 2.24) is 9.80 Å². The van der Waals surface area contributed by atoms with Crippen LogP contribution < -0.4 is 0 Å². The van der Waals surface area contributed by atoms with Gasteiger partial charge in [0.1, 0.15) is 5.16 Å². The molecule has 0 aromatic rings. The molecule has 0 N–H and O–H groups in total. The number of likely N-dealkylation sites (N-methyl/N-ethyl adjacent to an activating group) is 1. The van der Waals surface area contributed by atoms with Gasteiger partial charge in [-0.3, -0.25) is 4.90 Å². The molecular formula is C17H24ClN3O. The van der Waals surface area contributed by atoms with Crippen LogP contribution in [-0.2, 0) is 4.74 Å². The van der Waals surface area contributed by atoms with Gasteiger partial charge < -0.3 is 9.64 Å². The zero-order valence-electron chi connectivity index (χ0n) is 13.4. The van der Waals surface area contributed by atoms with Crippen molar-refractivity contribution >= 4 is 17.3 Å². The van der Waals surface area contributed by atoms with E-state index in [1.807, 2.05) is 6.92 Å². The van der Waals surface area contributed by atoms with Crippen molar-refractivity contribution in [3.63, 3.8) is 0 Å². The highest BCUT2D eigenvalue weighted by atomic mass is 35.5. The number of ether oxygens (including phenoxy) is 1. The van der Waals surface area contributed by atoms with Crippen LogP contribution in [0.15, 0.2) is 39.6 Å². The largest absolute Gasteiger partial charge is 0.379 e. The first kappa shape index (κ1) is 15.8. The standard InChI is InChI=1S/C17H24ClN3O/c1-13-4-3-5-16-15(17(18)19-13)12-14(20(16)2)6-7-21-8-10-22-11-9-21/h3-4,12,16H,5-11H2,1-2H3. The third-order valence-corrected chi connectivity index (χ3v) is 4.92. The topological polar surface area (TPSA) is 28.1 Å². The summed E-state index contributed by atoms with van der Waals surface area (Å²) in [7, 11) is 2.17. The van der Waals surface area contributed by atoms with E-state index in [9.17, 15) is 0 Å². The summed E-state index contributed by atoms with van der Waals surface area (Å²) >= 11 is 6.43. The number of hydrogen-bond acceptors (Lipinski definition) is 4. The molecule has 4 nitrogen and oxygen atoms in total. The third-order valence-electron chi connectivity index (χ3n) is 4.62. The Morgan fingerprint density at radius 1 is 1.36 bits per heavy atom. The molecule has 0 aromatic carbocycles. The van der Waals surface area contributed by atoms with Gasteiger partial charge in [-0.2, -0.15) is 0 Å². The van der Waals surface area contributed by atoms with Crippen LogP contribution in [0.1, 0.15) is 19.8 Å². The molecule has 0 bridgehead atoms. The molecule has 0 aromatic heterocycles. The maximum atomic E-state index is 6.43. The van der Waals surface area contributed by atoms with E-state index in [0.717, 1.165) is 57.0 Å². The summed E-state index contributed by atoms with van der Waals surface area (Å²) in [6.45, 7) is 6.85. The van der Waals surface area contributed by atoms with Gasteiger partial charge in [-0.05, 0) is 25.5 Å². The molecule has 3 rings (SSSR count). The molecule has 0 aliphatic carbocycles. The summed E-state index contributed by atoms with van der Waals surface area (Å²) < 4.78 is 5.41. The predicted octanol–water partition coefficient (Wildman–Crippen LogP) is 2.78. The Kier molecular flexibility index (Phi) is 5.01. The van der Waals surface area contributed by atoms with Gasteiger partial charge in [0.15, 0.2) is 0 Å². The number of hydrogen-bond donors (Lipinski definition) is 0. The molecule has 5 heteroatoms. The van der Waals surface area contributed by atoms with E-state index in [2.05, 4.69) is 40.1 Å². The first-order chi connectivity index (χ1) is 10.6. The van der Waals surface area contributed by atoms with Gasteiger partial charge in [0, 0.05) is 50.1 Å². The van der Waals surface area contributed by atoms with Crippen molar-refractivity contribution in [3.8, 4) is 0 Å². The summed E-state index contributed by atoms with van der Waals surface area (Å²) in [6, 6.07) is 0.320. The lowest BCUT2D eigenvalue weighted by Crippen LogP contribution is -2.37. The number of halogens is 1. The smallest absolute Gasteiger partial charge is 0.134 e. The highest BCUT2D eigenvalue weighted by Gasteiger charge is 2.29. The summed E-state index contributed by atoms with van der Waals surface area (Å²) in [5.74, 6) is 0. The average molecular weight is 322 g/mol. The van der Waals surface area contributed by atoms with Crippen LogP contribution in [0.2, 0.25) is 0 Å². The van der Waals surface area contributed by atoms with Gasteiger partial charge in [-0.15, -0.1) is 0 Å². The van der Waals surface area contributed by atoms with E-state index in [-0.39, 0.29) is 0 Å². The Labute approximate surface area is 137 Å². The molecular weight excluding hydrogens is 298 g/mol. The second-order valence-electron chi connectivity index (χ2n) is 6.10. The van der Waals surface area contributed by atoms with Gasteiger partial charge in [-0.25, -0.2) is 4.99 Å². The van der Waals surface area contributed by atoms with Crippen LogP contribution >= 0.6 is 11.6 Å². The molecule has 22 heavy (non-hydrogen) atoms. The van der Waals surface area contributed by atoms with E-state index >= 15 is 0 Å². The van der Waals surface area contributed by atoms with E-state index < -0.39 is 0 Å². The molecule has 1 fully saturated rings. The Balaban J connectivity index is 1.72. The zero-order valence-corrected chi connectivity index (χ0v) is 14.1. The molecule has 0 saturated carbocycles. The summed E-state index contributed by atoms with van der Waals surface area (Å²) in [5.41, 5.74) is 3.48. The van der Waals surface area contributed by atoms with Crippen LogP contribution in [0.3, 0.4) is 0 Å². The second kappa shape index (κ2) is 6.99. The molecule has 1 unspecified atom stereocenters. The fourth-order valence-electron chi connectivity index (χ4n) is 3.24. The maximum Gasteiger partial charge on any atom is 0.134 e. The molecule has 1 saturated heterocycles. The maximum absolute atomic E-state index is 6.43. The highest BCUT2D eigenvalue weighted by molar-refractivity contribution is 6.31.